The first-order chi connectivity index (χ1) is 9.74. The minimum absolute atomic E-state index is 0.788. The fourth-order valence-corrected chi connectivity index (χ4v) is 2.65. The van der Waals surface area contributed by atoms with Crippen LogP contribution in [0.25, 0.3) is 10.8 Å². The van der Waals surface area contributed by atoms with Gasteiger partial charge in [0, 0.05) is 22.6 Å². The predicted molar refractivity (Wildman–Crippen MR) is 87.5 cm³/mol. The second-order valence-electron chi connectivity index (χ2n) is 4.95. The summed E-state index contributed by atoms with van der Waals surface area (Å²) in [6.45, 7) is 2.89. The topological polar surface area (TPSA) is 12.0 Å². The number of aryl methyl sites for hydroxylation is 1. The molecule has 3 rings (SSSR count). The lowest BCUT2D eigenvalue weighted by Gasteiger charge is -2.11. The second kappa shape index (κ2) is 5.56. The van der Waals surface area contributed by atoms with Crippen molar-refractivity contribution in [3.05, 3.63) is 76.8 Å². The zero-order valence-electron chi connectivity index (χ0n) is 11.4. The van der Waals surface area contributed by atoms with Crippen molar-refractivity contribution in [2.75, 3.05) is 5.32 Å². The first-order valence-corrected chi connectivity index (χ1v) is 7.08. The molecule has 0 heterocycles. The molecule has 0 aliphatic carbocycles. The number of benzene rings is 3. The van der Waals surface area contributed by atoms with Crippen LogP contribution in [0.3, 0.4) is 0 Å². The highest BCUT2D eigenvalue weighted by Crippen LogP contribution is 2.24. The molecule has 0 saturated carbocycles. The fourth-order valence-electron chi connectivity index (χ4n) is 2.43. The highest BCUT2D eigenvalue weighted by atomic mass is 35.5. The lowest BCUT2D eigenvalue weighted by atomic mass is 10.1. The summed E-state index contributed by atoms with van der Waals surface area (Å²) >= 11 is 5.99. The molecule has 0 aliphatic rings. The van der Waals surface area contributed by atoms with Gasteiger partial charge in [0.1, 0.15) is 0 Å². The number of hydrogen-bond acceptors (Lipinski definition) is 1. The molecule has 0 spiro atoms. The van der Waals surface area contributed by atoms with Gasteiger partial charge < -0.3 is 5.32 Å². The highest BCUT2D eigenvalue weighted by Gasteiger charge is 2.02. The van der Waals surface area contributed by atoms with Gasteiger partial charge in [-0.3, -0.25) is 0 Å². The zero-order chi connectivity index (χ0) is 13.9. The highest BCUT2D eigenvalue weighted by molar-refractivity contribution is 6.30. The number of fused-ring (bicyclic) bond motifs is 1. The van der Waals surface area contributed by atoms with E-state index >= 15 is 0 Å². The van der Waals surface area contributed by atoms with Crippen LogP contribution in [0.15, 0.2) is 60.7 Å². The largest absolute Gasteiger partial charge is 0.380 e. The third-order valence-corrected chi connectivity index (χ3v) is 3.80. The van der Waals surface area contributed by atoms with Crippen molar-refractivity contribution in [2.45, 2.75) is 13.5 Å². The Morgan fingerprint density at radius 2 is 1.75 bits per heavy atom. The van der Waals surface area contributed by atoms with E-state index in [-0.39, 0.29) is 0 Å². The van der Waals surface area contributed by atoms with Gasteiger partial charge >= 0.3 is 0 Å². The molecule has 0 bridgehead atoms. The molecule has 1 N–H and O–H groups in total. The monoisotopic (exact) mass is 281 g/mol. The molecule has 2 heteroatoms. The SMILES string of the molecule is Cc1cc(Cl)ccc1CNc1cccc2ccccc12. The van der Waals surface area contributed by atoms with Gasteiger partial charge in [0.25, 0.3) is 0 Å². The van der Waals surface area contributed by atoms with E-state index in [4.69, 9.17) is 11.6 Å². The zero-order valence-corrected chi connectivity index (χ0v) is 12.1. The van der Waals surface area contributed by atoms with Gasteiger partial charge in [0.2, 0.25) is 0 Å². The summed E-state index contributed by atoms with van der Waals surface area (Å²) in [5.74, 6) is 0. The van der Waals surface area contributed by atoms with E-state index in [1.54, 1.807) is 0 Å². The molecule has 20 heavy (non-hydrogen) atoms. The lowest BCUT2D eigenvalue weighted by Crippen LogP contribution is -2.01. The van der Waals surface area contributed by atoms with E-state index in [9.17, 15) is 0 Å². The molecule has 0 aliphatic heterocycles. The van der Waals surface area contributed by atoms with Crippen molar-refractivity contribution in [3.63, 3.8) is 0 Å². The van der Waals surface area contributed by atoms with Crippen LogP contribution in [-0.2, 0) is 6.54 Å². The van der Waals surface area contributed by atoms with Gasteiger partial charge in [-0.25, -0.2) is 0 Å². The van der Waals surface area contributed by atoms with E-state index in [1.807, 2.05) is 12.1 Å². The molecule has 3 aromatic carbocycles. The summed E-state index contributed by atoms with van der Waals surface area (Å²) in [5, 5.41) is 6.82. The van der Waals surface area contributed by atoms with Crippen molar-refractivity contribution in [1.29, 1.82) is 0 Å². The first kappa shape index (κ1) is 13.0. The summed E-state index contributed by atoms with van der Waals surface area (Å²) < 4.78 is 0. The third-order valence-electron chi connectivity index (χ3n) is 3.56. The van der Waals surface area contributed by atoms with Crippen LogP contribution in [0.2, 0.25) is 5.02 Å². The molecule has 1 nitrogen and oxygen atoms in total. The molecule has 3 aromatic rings. The van der Waals surface area contributed by atoms with Crippen LogP contribution < -0.4 is 5.32 Å². The predicted octanol–water partition coefficient (Wildman–Crippen LogP) is 5.41. The van der Waals surface area contributed by atoms with Crippen LogP contribution in [0.5, 0.6) is 0 Å². The van der Waals surface area contributed by atoms with Crippen molar-refractivity contribution in [3.8, 4) is 0 Å². The van der Waals surface area contributed by atoms with Crippen molar-refractivity contribution < 1.29 is 0 Å². The quantitative estimate of drug-likeness (QED) is 0.676. The molecule has 0 amide bonds. The summed E-state index contributed by atoms with van der Waals surface area (Å²) in [5.41, 5.74) is 3.64. The Labute approximate surface area is 124 Å². The van der Waals surface area contributed by atoms with Crippen molar-refractivity contribution >= 4 is 28.1 Å². The summed E-state index contributed by atoms with van der Waals surface area (Å²) in [6, 6.07) is 20.8. The van der Waals surface area contributed by atoms with E-state index in [0.29, 0.717) is 0 Å². The average Bonchev–Trinajstić information content (AvgIpc) is 2.46. The number of hydrogen-bond donors (Lipinski definition) is 1. The van der Waals surface area contributed by atoms with Gasteiger partial charge in [-0.2, -0.15) is 0 Å². The Morgan fingerprint density at radius 1 is 0.950 bits per heavy atom. The van der Waals surface area contributed by atoms with Gasteiger partial charge in [0.15, 0.2) is 0 Å². The van der Waals surface area contributed by atoms with Crippen LogP contribution in [0.1, 0.15) is 11.1 Å². The van der Waals surface area contributed by atoms with Gasteiger partial charge in [-0.15, -0.1) is 0 Å². The Kier molecular flexibility index (Phi) is 3.62. The Morgan fingerprint density at radius 3 is 2.60 bits per heavy atom. The Hall–Kier alpha value is -1.99. The molecular formula is C18H16ClN. The number of rotatable bonds is 3. The second-order valence-corrected chi connectivity index (χ2v) is 5.39. The smallest absolute Gasteiger partial charge is 0.0422 e. The van der Waals surface area contributed by atoms with Gasteiger partial charge in [-0.05, 0) is 41.6 Å². The third kappa shape index (κ3) is 2.63. The van der Waals surface area contributed by atoms with Gasteiger partial charge in [-0.1, -0.05) is 54.1 Å². The Balaban J connectivity index is 1.87. The summed E-state index contributed by atoms with van der Waals surface area (Å²) in [6.07, 6.45) is 0. The fraction of sp³-hybridized carbons (Fsp3) is 0.111. The summed E-state index contributed by atoms with van der Waals surface area (Å²) in [7, 11) is 0. The van der Waals surface area contributed by atoms with Crippen LogP contribution in [0.4, 0.5) is 5.69 Å². The van der Waals surface area contributed by atoms with E-state index in [0.717, 1.165) is 17.3 Å². The molecular weight excluding hydrogens is 266 g/mol. The van der Waals surface area contributed by atoms with E-state index in [2.05, 4.69) is 60.8 Å². The molecule has 0 fully saturated rings. The number of anilines is 1. The minimum Gasteiger partial charge on any atom is -0.380 e. The van der Waals surface area contributed by atoms with Crippen LogP contribution in [-0.4, -0.2) is 0 Å². The standard InChI is InChI=1S/C18H16ClN/c1-13-11-16(19)10-9-15(13)12-20-18-8-4-6-14-5-2-3-7-17(14)18/h2-11,20H,12H2,1H3. The maximum Gasteiger partial charge on any atom is 0.0422 e. The normalized spacial score (nSPS) is 10.7. The van der Waals surface area contributed by atoms with Crippen LogP contribution >= 0.6 is 11.6 Å². The molecule has 0 radical (unpaired) electrons. The van der Waals surface area contributed by atoms with E-state index in [1.165, 1.54) is 21.9 Å². The first-order valence-electron chi connectivity index (χ1n) is 6.71. The number of nitrogens with one attached hydrogen (secondary N) is 1. The minimum atomic E-state index is 0.788. The number of halogens is 1. The van der Waals surface area contributed by atoms with E-state index < -0.39 is 0 Å². The molecule has 100 valence electrons. The molecule has 0 saturated heterocycles. The maximum atomic E-state index is 5.99. The van der Waals surface area contributed by atoms with Crippen molar-refractivity contribution in [2.24, 2.45) is 0 Å². The molecule has 0 atom stereocenters. The Bertz CT molecular complexity index is 744. The van der Waals surface area contributed by atoms with Crippen molar-refractivity contribution in [1.82, 2.24) is 0 Å². The molecule has 0 aromatic heterocycles. The maximum absolute atomic E-state index is 5.99. The van der Waals surface area contributed by atoms with Crippen LogP contribution in [0, 0.1) is 6.92 Å². The van der Waals surface area contributed by atoms with Gasteiger partial charge in [0.05, 0.1) is 0 Å². The molecule has 0 unspecified atom stereocenters. The average molecular weight is 282 g/mol. The lowest BCUT2D eigenvalue weighted by molar-refractivity contribution is 1.12. The summed E-state index contributed by atoms with van der Waals surface area (Å²) in [4.78, 5) is 0.